The van der Waals surface area contributed by atoms with Crippen LogP contribution < -0.4 is 5.32 Å². The number of amides is 1. The number of carbonyl (C=O) groups is 1. The molecule has 124 valence electrons. The maximum Gasteiger partial charge on any atom is 0.223 e. The molecule has 0 radical (unpaired) electrons. The minimum absolute atomic E-state index is 0.0363. The third kappa shape index (κ3) is 6.76. The first-order chi connectivity index (χ1) is 9.85. The fourth-order valence-electron chi connectivity index (χ4n) is 2.78. The van der Waals surface area contributed by atoms with Crippen molar-refractivity contribution in [3.05, 3.63) is 0 Å². The van der Waals surface area contributed by atoms with E-state index in [2.05, 4.69) is 31.0 Å². The van der Waals surface area contributed by atoms with Crippen LogP contribution in [0.25, 0.3) is 0 Å². The lowest BCUT2D eigenvalue weighted by molar-refractivity contribution is -0.128. The van der Waals surface area contributed by atoms with Crippen molar-refractivity contribution in [2.24, 2.45) is 11.8 Å². The van der Waals surface area contributed by atoms with E-state index in [1.807, 2.05) is 0 Å². The fraction of sp³-hybridized carbons (Fsp3) is 0.938. The number of hydrogen-bond donors (Lipinski definition) is 2. The highest BCUT2D eigenvalue weighted by atomic mass is 16.5. The molecule has 5 heteroatoms. The third-order valence-corrected chi connectivity index (χ3v) is 4.05. The van der Waals surface area contributed by atoms with Crippen molar-refractivity contribution in [3.63, 3.8) is 0 Å². The van der Waals surface area contributed by atoms with Gasteiger partial charge in [0, 0.05) is 32.1 Å². The monoisotopic (exact) mass is 300 g/mol. The van der Waals surface area contributed by atoms with Gasteiger partial charge in [-0.1, -0.05) is 27.2 Å². The van der Waals surface area contributed by atoms with Gasteiger partial charge in [0.1, 0.15) is 0 Å². The first-order valence-electron chi connectivity index (χ1n) is 8.16. The summed E-state index contributed by atoms with van der Waals surface area (Å²) in [7, 11) is 0. The Bertz CT molecular complexity index is 313. The minimum atomic E-state index is -0.902. The molecule has 1 rings (SSSR count). The van der Waals surface area contributed by atoms with Crippen molar-refractivity contribution in [2.45, 2.75) is 46.1 Å². The number of carbonyl (C=O) groups excluding carboxylic acids is 1. The van der Waals surface area contributed by atoms with E-state index in [1.165, 1.54) is 0 Å². The van der Waals surface area contributed by atoms with Gasteiger partial charge in [-0.2, -0.15) is 0 Å². The predicted octanol–water partition coefficient (Wildman–Crippen LogP) is 1.26. The van der Waals surface area contributed by atoms with Crippen molar-refractivity contribution < 1.29 is 14.6 Å². The lowest BCUT2D eigenvalue weighted by atomic mass is 9.90. The lowest BCUT2D eigenvalue weighted by Crippen LogP contribution is -2.52. The molecular formula is C16H32N2O3. The van der Waals surface area contributed by atoms with Crippen molar-refractivity contribution in [1.82, 2.24) is 10.2 Å². The maximum absolute atomic E-state index is 12.3. The molecule has 1 heterocycles. The summed E-state index contributed by atoms with van der Waals surface area (Å²) in [5, 5.41) is 13.4. The topological polar surface area (TPSA) is 61.8 Å². The molecule has 0 spiro atoms. The Morgan fingerprint density at radius 3 is 2.52 bits per heavy atom. The maximum atomic E-state index is 12.3. The second kappa shape index (κ2) is 8.71. The number of morpholine rings is 1. The van der Waals surface area contributed by atoms with Crippen molar-refractivity contribution >= 4 is 5.91 Å². The Balaban J connectivity index is 2.41. The largest absolute Gasteiger partial charge is 0.387 e. The Morgan fingerprint density at radius 1 is 1.38 bits per heavy atom. The number of ether oxygens (including phenoxy) is 1. The first kappa shape index (κ1) is 18.4. The molecular weight excluding hydrogens is 268 g/mol. The van der Waals surface area contributed by atoms with Gasteiger partial charge in [-0.15, -0.1) is 0 Å². The summed E-state index contributed by atoms with van der Waals surface area (Å²) in [6.07, 6.45) is 1.90. The molecule has 0 saturated carbocycles. The first-order valence-corrected chi connectivity index (χ1v) is 8.16. The van der Waals surface area contributed by atoms with E-state index in [0.29, 0.717) is 32.2 Å². The highest BCUT2D eigenvalue weighted by Crippen LogP contribution is 2.17. The predicted molar refractivity (Wildman–Crippen MR) is 84.1 cm³/mol. The zero-order chi connectivity index (χ0) is 15.9. The highest BCUT2D eigenvalue weighted by molar-refractivity contribution is 5.78. The molecule has 1 aliphatic rings. The summed E-state index contributed by atoms with van der Waals surface area (Å²) in [5.41, 5.74) is -0.902. The number of β-amino-alcohol motifs (C(OH)–C–C–N with tert-alkyl or cyclic N) is 1. The van der Waals surface area contributed by atoms with E-state index in [1.54, 1.807) is 6.92 Å². The molecule has 2 atom stereocenters. The van der Waals surface area contributed by atoms with Crippen LogP contribution in [0.15, 0.2) is 0 Å². The second-order valence-corrected chi connectivity index (χ2v) is 6.74. The molecule has 2 N–H and O–H groups in total. The van der Waals surface area contributed by atoms with E-state index in [4.69, 9.17) is 4.74 Å². The number of nitrogens with one attached hydrogen (secondary N) is 1. The molecule has 0 aliphatic carbocycles. The number of aliphatic hydroxyl groups is 1. The van der Waals surface area contributed by atoms with Crippen LogP contribution in [0.3, 0.4) is 0 Å². The molecule has 1 aliphatic heterocycles. The average Bonchev–Trinajstić information content (AvgIpc) is 2.42. The Kier molecular flexibility index (Phi) is 7.63. The normalized spacial score (nSPS) is 21.0. The van der Waals surface area contributed by atoms with Crippen molar-refractivity contribution in [1.29, 1.82) is 0 Å². The summed E-state index contributed by atoms with van der Waals surface area (Å²) in [6.45, 7) is 12.0. The Hall–Kier alpha value is -0.650. The molecule has 0 aromatic carbocycles. The van der Waals surface area contributed by atoms with Gasteiger partial charge in [-0.25, -0.2) is 0 Å². The quantitative estimate of drug-likeness (QED) is 0.708. The Morgan fingerprint density at radius 2 is 2.00 bits per heavy atom. The molecule has 1 saturated heterocycles. The third-order valence-electron chi connectivity index (χ3n) is 4.05. The van der Waals surface area contributed by atoms with E-state index in [9.17, 15) is 9.90 Å². The van der Waals surface area contributed by atoms with E-state index >= 15 is 0 Å². The van der Waals surface area contributed by atoms with Gasteiger partial charge in [-0.05, 0) is 19.3 Å². The van der Waals surface area contributed by atoms with E-state index in [0.717, 1.165) is 25.9 Å². The molecule has 0 aromatic rings. The molecule has 21 heavy (non-hydrogen) atoms. The molecule has 1 amide bonds. The van der Waals surface area contributed by atoms with Crippen LogP contribution in [0.4, 0.5) is 0 Å². The molecule has 2 unspecified atom stereocenters. The molecule has 5 nitrogen and oxygen atoms in total. The standard InChI is InChI=1S/C16H32N2O3/c1-5-6-14(13(2)3)15(19)17-11-16(4,20)12-18-7-9-21-10-8-18/h13-14,20H,5-12H2,1-4H3,(H,17,19). The van der Waals surface area contributed by atoms with Gasteiger partial charge < -0.3 is 15.2 Å². The molecule has 0 bridgehead atoms. The van der Waals surface area contributed by atoms with Crippen molar-refractivity contribution in [3.8, 4) is 0 Å². The van der Waals surface area contributed by atoms with Crippen LogP contribution in [0.1, 0.15) is 40.5 Å². The fourth-order valence-corrected chi connectivity index (χ4v) is 2.78. The summed E-state index contributed by atoms with van der Waals surface area (Å²) in [6, 6.07) is 0. The second-order valence-electron chi connectivity index (χ2n) is 6.74. The zero-order valence-electron chi connectivity index (χ0n) is 14.0. The lowest BCUT2D eigenvalue weighted by Gasteiger charge is -2.34. The van der Waals surface area contributed by atoms with Crippen LogP contribution in [0.2, 0.25) is 0 Å². The van der Waals surface area contributed by atoms with Crippen LogP contribution in [0.5, 0.6) is 0 Å². The van der Waals surface area contributed by atoms with Gasteiger partial charge in [0.25, 0.3) is 0 Å². The van der Waals surface area contributed by atoms with Gasteiger partial charge in [0.2, 0.25) is 5.91 Å². The van der Waals surface area contributed by atoms with Gasteiger partial charge in [0.05, 0.1) is 18.8 Å². The highest BCUT2D eigenvalue weighted by Gasteiger charge is 2.28. The van der Waals surface area contributed by atoms with Crippen LogP contribution in [0, 0.1) is 11.8 Å². The summed E-state index contributed by atoms with van der Waals surface area (Å²) >= 11 is 0. The molecule has 1 fully saturated rings. The Labute approximate surface area is 129 Å². The SMILES string of the molecule is CCCC(C(=O)NCC(C)(O)CN1CCOCC1)C(C)C. The smallest absolute Gasteiger partial charge is 0.223 e. The summed E-state index contributed by atoms with van der Waals surface area (Å²) < 4.78 is 5.30. The number of nitrogens with zero attached hydrogens (tertiary/aromatic N) is 1. The number of hydrogen-bond acceptors (Lipinski definition) is 4. The van der Waals surface area contributed by atoms with Gasteiger partial charge in [-0.3, -0.25) is 9.69 Å². The summed E-state index contributed by atoms with van der Waals surface area (Å²) in [5.74, 6) is 0.428. The zero-order valence-corrected chi connectivity index (χ0v) is 14.0. The van der Waals surface area contributed by atoms with E-state index < -0.39 is 5.60 Å². The van der Waals surface area contributed by atoms with Gasteiger partial charge in [0.15, 0.2) is 0 Å². The van der Waals surface area contributed by atoms with Crippen molar-refractivity contribution in [2.75, 3.05) is 39.4 Å². The number of rotatable bonds is 8. The van der Waals surface area contributed by atoms with Crippen LogP contribution >= 0.6 is 0 Å². The van der Waals surface area contributed by atoms with Crippen LogP contribution in [-0.2, 0) is 9.53 Å². The minimum Gasteiger partial charge on any atom is -0.387 e. The molecule has 0 aromatic heterocycles. The average molecular weight is 300 g/mol. The summed E-state index contributed by atoms with van der Waals surface area (Å²) in [4.78, 5) is 14.4. The van der Waals surface area contributed by atoms with Crippen LogP contribution in [-0.4, -0.2) is 60.9 Å². The van der Waals surface area contributed by atoms with Gasteiger partial charge >= 0.3 is 0 Å². The van der Waals surface area contributed by atoms with E-state index in [-0.39, 0.29) is 11.8 Å².